The summed E-state index contributed by atoms with van der Waals surface area (Å²) in [6, 6.07) is 0. The van der Waals surface area contributed by atoms with Crippen LogP contribution in [0.2, 0.25) is 0 Å². The molecule has 0 amide bonds. The van der Waals surface area contributed by atoms with Gasteiger partial charge in [0, 0.05) is 5.57 Å². The van der Waals surface area contributed by atoms with E-state index in [0.717, 1.165) is 19.3 Å². The highest BCUT2D eigenvalue weighted by atomic mass is 16.6. The summed E-state index contributed by atoms with van der Waals surface area (Å²) in [5.41, 5.74) is 0.258. The minimum absolute atomic E-state index is 0.258. The third kappa shape index (κ3) is 8.19. The second-order valence-corrected chi connectivity index (χ2v) is 4.56. The molecule has 0 aromatic rings. The molecule has 0 atom stereocenters. The predicted octanol–water partition coefficient (Wildman–Crippen LogP) is 3.38. The first-order chi connectivity index (χ1) is 8.90. The highest BCUT2D eigenvalue weighted by Gasteiger charge is 2.10. The molecule has 0 bridgehead atoms. The number of carbonyl (C=O) groups is 2. The van der Waals surface area contributed by atoms with Crippen molar-refractivity contribution < 1.29 is 19.1 Å². The summed E-state index contributed by atoms with van der Waals surface area (Å²) >= 11 is 0. The number of carbonyl (C=O) groups excluding carboxylic acids is 2. The van der Waals surface area contributed by atoms with Gasteiger partial charge in [-0.25, -0.2) is 9.59 Å². The molecule has 19 heavy (non-hydrogen) atoms. The molecule has 0 aromatic heterocycles. The van der Waals surface area contributed by atoms with E-state index in [0.29, 0.717) is 11.7 Å². The van der Waals surface area contributed by atoms with E-state index in [9.17, 15) is 9.59 Å². The summed E-state index contributed by atoms with van der Waals surface area (Å²) in [5, 5.41) is 0. The fraction of sp³-hybridized carbons (Fsp3) is 0.600. The van der Waals surface area contributed by atoms with Gasteiger partial charge in [0.2, 0.25) is 0 Å². The van der Waals surface area contributed by atoms with Crippen molar-refractivity contribution in [3.05, 3.63) is 24.0 Å². The Hall–Kier alpha value is -1.58. The maximum absolute atomic E-state index is 11.4. The fourth-order valence-corrected chi connectivity index (χ4v) is 1.45. The first kappa shape index (κ1) is 17.4. The monoisotopic (exact) mass is 268 g/mol. The van der Waals surface area contributed by atoms with E-state index in [1.165, 1.54) is 6.92 Å². The molecule has 0 radical (unpaired) electrons. The second-order valence-electron chi connectivity index (χ2n) is 4.56. The molecule has 0 aromatic carbocycles. The van der Waals surface area contributed by atoms with E-state index in [-0.39, 0.29) is 12.2 Å². The van der Waals surface area contributed by atoms with Crippen LogP contribution in [-0.2, 0) is 19.1 Å². The lowest BCUT2D eigenvalue weighted by atomic mass is 9.99. The Balaban J connectivity index is 4.08. The van der Waals surface area contributed by atoms with Crippen LogP contribution in [0.3, 0.4) is 0 Å². The Bertz CT molecular complexity index is 351. The van der Waals surface area contributed by atoms with Crippen LogP contribution in [0.1, 0.15) is 47.0 Å². The molecule has 4 nitrogen and oxygen atoms in total. The molecule has 0 aliphatic heterocycles. The van der Waals surface area contributed by atoms with E-state index in [4.69, 9.17) is 9.47 Å². The first-order valence-electron chi connectivity index (χ1n) is 6.60. The van der Waals surface area contributed by atoms with E-state index in [2.05, 4.69) is 20.4 Å². The van der Waals surface area contributed by atoms with Crippen molar-refractivity contribution in [2.24, 2.45) is 5.92 Å². The van der Waals surface area contributed by atoms with Crippen LogP contribution in [0.15, 0.2) is 24.0 Å². The summed E-state index contributed by atoms with van der Waals surface area (Å²) < 4.78 is 9.73. The number of ether oxygens (including phenoxy) is 2. The van der Waals surface area contributed by atoms with Gasteiger partial charge in [-0.1, -0.05) is 33.3 Å². The van der Waals surface area contributed by atoms with Crippen molar-refractivity contribution in [2.45, 2.75) is 47.0 Å². The van der Waals surface area contributed by atoms with E-state index >= 15 is 0 Å². The molecule has 0 aliphatic carbocycles. The molecule has 4 heteroatoms. The van der Waals surface area contributed by atoms with Gasteiger partial charge in [0.1, 0.15) is 5.76 Å². The van der Waals surface area contributed by atoms with Gasteiger partial charge < -0.3 is 9.47 Å². The molecular weight excluding hydrogens is 244 g/mol. The highest BCUT2D eigenvalue weighted by Crippen LogP contribution is 2.14. The third-order valence-corrected chi connectivity index (χ3v) is 2.84. The molecule has 0 saturated heterocycles. The highest BCUT2D eigenvalue weighted by molar-refractivity contribution is 5.88. The summed E-state index contributed by atoms with van der Waals surface area (Å²) in [6.07, 6.45) is 4.99. The Kier molecular flexibility index (Phi) is 8.58. The lowest BCUT2D eigenvalue weighted by molar-refractivity contribution is -0.153. The second kappa shape index (κ2) is 9.36. The minimum atomic E-state index is -0.587. The van der Waals surface area contributed by atoms with Crippen LogP contribution in [-0.4, -0.2) is 18.5 Å². The lowest BCUT2D eigenvalue weighted by Crippen LogP contribution is -2.16. The largest absolute Gasteiger partial charge is 0.450 e. The summed E-state index contributed by atoms with van der Waals surface area (Å²) in [4.78, 5) is 22.5. The van der Waals surface area contributed by atoms with Crippen LogP contribution in [0.5, 0.6) is 0 Å². The number of hydrogen-bond acceptors (Lipinski definition) is 4. The van der Waals surface area contributed by atoms with Gasteiger partial charge >= 0.3 is 11.9 Å². The molecule has 0 N–H and O–H groups in total. The number of hydrogen-bond donors (Lipinski definition) is 0. The maximum atomic E-state index is 11.4. The van der Waals surface area contributed by atoms with Crippen LogP contribution < -0.4 is 0 Å². The van der Waals surface area contributed by atoms with Gasteiger partial charge in [-0.2, -0.15) is 0 Å². The minimum Gasteiger partial charge on any atom is -0.450 e. The van der Waals surface area contributed by atoms with Crippen molar-refractivity contribution in [3.63, 3.8) is 0 Å². The van der Waals surface area contributed by atoms with Crippen molar-refractivity contribution >= 4 is 11.9 Å². The van der Waals surface area contributed by atoms with E-state index in [1.54, 1.807) is 6.92 Å². The molecule has 0 fully saturated rings. The van der Waals surface area contributed by atoms with Crippen LogP contribution in [0, 0.1) is 5.92 Å². The molecular formula is C15H24O4. The van der Waals surface area contributed by atoms with Crippen molar-refractivity contribution in [1.82, 2.24) is 0 Å². The molecule has 0 aliphatic rings. The number of allylic oxidation sites excluding steroid dienone is 2. The zero-order valence-electron chi connectivity index (χ0n) is 12.3. The third-order valence-electron chi connectivity index (χ3n) is 2.84. The molecule has 0 spiro atoms. The van der Waals surface area contributed by atoms with Gasteiger partial charge in [0.25, 0.3) is 0 Å². The van der Waals surface area contributed by atoms with Gasteiger partial charge in [-0.3, -0.25) is 0 Å². The first-order valence-corrected chi connectivity index (χ1v) is 6.60. The number of esters is 2. The van der Waals surface area contributed by atoms with Crippen LogP contribution >= 0.6 is 0 Å². The van der Waals surface area contributed by atoms with Crippen molar-refractivity contribution in [2.75, 3.05) is 6.61 Å². The molecule has 0 unspecified atom stereocenters. The zero-order valence-corrected chi connectivity index (χ0v) is 12.3. The van der Waals surface area contributed by atoms with Gasteiger partial charge in [0.15, 0.2) is 6.61 Å². The maximum Gasteiger partial charge on any atom is 0.349 e. The zero-order chi connectivity index (χ0) is 14.8. The van der Waals surface area contributed by atoms with Gasteiger partial charge in [-0.05, 0) is 32.3 Å². The van der Waals surface area contributed by atoms with Crippen molar-refractivity contribution in [3.8, 4) is 0 Å². The average molecular weight is 268 g/mol. The molecule has 0 heterocycles. The Morgan fingerprint density at radius 1 is 1.21 bits per heavy atom. The Labute approximate surface area is 115 Å². The van der Waals surface area contributed by atoms with Crippen LogP contribution in [0.4, 0.5) is 0 Å². The Morgan fingerprint density at radius 3 is 2.26 bits per heavy atom. The standard InChI is InChI=1S/C15H24O4/c1-6-13(7-2)9-8-12(5)19-14(16)10-18-15(17)11(3)4/h8,13H,3,6-7,9-10H2,1-2,4-5H3/b12-8-. The van der Waals surface area contributed by atoms with Gasteiger partial charge in [0.05, 0.1) is 0 Å². The van der Waals surface area contributed by atoms with Gasteiger partial charge in [-0.15, -0.1) is 0 Å². The average Bonchev–Trinajstić information content (AvgIpc) is 2.36. The number of rotatable bonds is 8. The van der Waals surface area contributed by atoms with Crippen molar-refractivity contribution in [1.29, 1.82) is 0 Å². The fourth-order valence-electron chi connectivity index (χ4n) is 1.45. The summed E-state index contributed by atoms with van der Waals surface area (Å²) in [5.74, 6) is -0.0123. The topological polar surface area (TPSA) is 52.6 Å². The van der Waals surface area contributed by atoms with E-state index in [1.807, 2.05) is 6.08 Å². The van der Waals surface area contributed by atoms with E-state index < -0.39 is 11.9 Å². The molecule has 108 valence electrons. The smallest absolute Gasteiger partial charge is 0.349 e. The summed E-state index contributed by atoms with van der Waals surface area (Å²) in [7, 11) is 0. The quantitative estimate of drug-likeness (QED) is 0.385. The summed E-state index contributed by atoms with van der Waals surface area (Å²) in [6.45, 7) is 10.6. The Morgan fingerprint density at radius 2 is 1.79 bits per heavy atom. The normalized spacial score (nSPS) is 11.3. The molecule has 0 rings (SSSR count). The predicted molar refractivity (Wildman–Crippen MR) is 74.3 cm³/mol. The van der Waals surface area contributed by atoms with Crippen LogP contribution in [0.25, 0.3) is 0 Å². The SMILES string of the molecule is C=C(C)C(=O)OCC(=O)O/C(C)=C\CC(CC)CC. The lowest BCUT2D eigenvalue weighted by Gasteiger charge is -2.10. The molecule has 0 saturated carbocycles.